The molecule has 30 heavy (non-hydrogen) atoms. The maximum atomic E-state index is 6.39. The molecule has 2 aliphatic rings. The largest absolute Gasteiger partial charge is 0.378 e. The van der Waals surface area contributed by atoms with Crippen LogP contribution in [0.25, 0.3) is 16.9 Å². The van der Waals surface area contributed by atoms with E-state index in [2.05, 4.69) is 38.9 Å². The minimum absolute atomic E-state index is 0.00231. The molecule has 162 valence electrons. The van der Waals surface area contributed by atoms with Crippen LogP contribution in [0.5, 0.6) is 0 Å². The molecule has 0 amide bonds. The number of hydrogen-bond acceptors (Lipinski definition) is 7. The molecule has 3 N–H and O–H groups in total. The van der Waals surface area contributed by atoms with Crippen molar-refractivity contribution in [2.24, 2.45) is 5.73 Å². The van der Waals surface area contributed by atoms with Crippen molar-refractivity contribution in [2.45, 2.75) is 37.5 Å². The molecule has 1 aliphatic heterocycles. The van der Waals surface area contributed by atoms with Gasteiger partial charge in [0.05, 0.1) is 25.6 Å². The summed E-state index contributed by atoms with van der Waals surface area (Å²) in [5.74, 6) is 1.81. The van der Waals surface area contributed by atoms with Crippen LogP contribution in [0, 0.1) is 0 Å². The van der Waals surface area contributed by atoms with Crippen molar-refractivity contribution >= 4 is 29.5 Å². The highest BCUT2D eigenvalue weighted by Crippen LogP contribution is 2.42. The van der Waals surface area contributed by atoms with E-state index in [0.717, 1.165) is 61.8 Å². The lowest BCUT2D eigenvalue weighted by molar-refractivity contribution is 0.122. The van der Waals surface area contributed by atoms with E-state index in [-0.39, 0.29) is 5.41 Å². The van der Waals surface area contributed by atoms with Crippen molar-refractivity contribution in [3.05, 3.63) is 30.1 Å². The molecule has 1 aliphatic carbocycles. The van der Waals surface area contributed by atoms with Gasteiger partial charge in [0.2, 0.25) is 0 Å². The molecule has 0 unspecified atom stereocenters. The number of fused-ring (bicyclic) bond motifs is 1. The summed E-state index contributed by atoms with van der Waals surface area (Å²) in [5.41, 5.74) is 8.56. The SMILES string of the molecule is CS.NCC1(c2cc(N3CCOCC3)nc3c2cnn3-c2ccn[nH]2)CCCCC1. The maximum Gasteiger partial charge on any atom is 0.167 e. The average Bonchev–Trinajstić information content (AvgIpc) is 3.50. The summed E-state index contributed by atoms with van der Waals surface area (Å²) < 4.78 is 7.39. The zero-order valence-corrected chi connectivity index (χ0v) is 18.4. The second-order valence-electron chi connectivity index (χ2n) is 7.91. The number of anilines is 1. The number of nitrogens with zero attached hydrogens (tertiary/aromatic N) is 5. The van der Waals surface area contributed by atoms with Gasteiger partial charge in [-0.15, -0.1) is 0 Å². The smallest absolute Gasteiger partial charge is 0.167 e. The second kappa shape index (κ2) is 9.36. The Labute approximate surface area is 182 Å². The highest BCUT2D eigenvalue weighted by atomic mass is 32.1. The Balaban J connectivity index is 0.00000106. The molecule has 1 saturated carbocycles. The van der Waals surface area contributed by atoms with Crippen LogP contribution >= 0.6 is 12.6 Å². The van der Waals surface area contributed by atoms with Crippen molar-refractivity contribution in [1.29, 1.82) is 0 Å². The van der Waals surface area contributed by atoms with Gasteiger partial charge in [-0.2, -0.15) is 27.5 Å². The first-order valence-electron chi connectivity index (χ1n) is 10.7. The molecule has 2 fully saturated rings. The van der Waals surface area contributed by atoms with Crippen LogP contribution in [-0.2, 0) is 10.2 Å². The normalized spacial score (nSPS) is 18.8. The van der Waals surface area contributed by atoms with Crippen LogP contribution in [0.3, 0.4) is 0 Å². The molecule has 1 saturated heterocycles. The molecule has 0 bridgehead atoms. The minimum Gasteiger partial charge on any atom is -0.378 e. The molecule has 0 aromatic carbocycles. The Morgan fingerprint density at radius 3 is 2.63 bits per heavy atom. The van der Waals surface area contributed by atoms with Gasteiger partial charge in [0.25, 0.3) is 0 Å². The molecular formula is C21H31N7OS. The fraction of sp³-hybridized carbons (Fsp3) is 0.571. The summed E-state index contributed by atoms with van der Waals surface area (Å²) in [7, 11) is 0. The lowest BCUT2D eigenvalue weighted by atomic mass is 9.69. The Morgan fingerprint density at radius 2 is 1.97 bits per heavy atom. The number of rotatable bonds is 4. The highest BCUT2D eigenvalue weighted by molar-refractivity contribution is 7.79. The average molecular weight is 430 g/mol. The number of pyridine rings is 1. The third kappa shape index (κ3) is 3.81. The molecule has 0 spiro atoms. The van der Waals surface area contributed by atoms with E-state index < -0.39 is 0 Å². The third-order valence-electron chi connectivity index (χ3n) is 6.35. The van der Waals surface area contributed by atoms with Gasteiger partial charge >= 0.3 is 0 Å². The molecule has 0 atom stereocenters. The number of nitrogens with one attached hydrogen (secondary N) is 1. The molecule has 5 rings (SSSR count). The van der Waals surface area contributed by atoms with E-state index in [1.54, 1.807) is 12.5 Å². The monoisotopic (exact) mass is 429 g/mol. The van der Waals surface area contributed by atoms with Crippen LogP contribution in [0.1, 0.15) is 37.7 Å². The van der Waals surface area contributed by atoms with Gasteiger partial charge in [0.1, 0.15) is 5.82 Å². The summed E-state index contributed by atoms with van der Waals surface area (Å²) in [5, 5.41) is 12.8. The predicted octanol–water partition coefficient (Wildman–Crippen LogP) is 2.69. The van der Waals surface area contributed by atoms with Crippen LogP contribution in [0.15, 0.2) is 24.5 Å². The van der Waals surface area contributed by atoms with Gasteiger partial charge in [0, 0.05) is 36.5 Å². The Morgan fingerprint density at radius 1 is 1.20 bits per heavy atom. The van der Waals surface area contributed by atoms with Gasteiger partial charge in [-0.25, -0.2) is 4.98 Å². The number of morpholine rings is 1. The minimum atomic E-state index is 0.00231. The summed E-state index contributed by atoms with van der Waals surface area (Å²) in [6.07, 6.45) is 11.4. The van der Waals surface area contributed by atoms with E-state index >= 15 is 0 Å². The fourth-order valence-electron chi connectivity index (χ4n) is 4.74. The van der Waals surface area contributed by atoms with E-state index in [1.807, 2.05) is 16.9 Å². The Bertz CT molecular complexity index is 944. The Kier molecular flexibility index (Phi) is 6.60. The number of hydrogen-bond donors (Lipinski definition) is 3. The van der Waals surface area contributed by atoms with Crippen molar-refractivity contribution in [3.8, 4) is 5.82 Å². The molecule has 9 heteroatoms. The molecule has 0 radical (unpaired) electrons. The van der Waals surface area contributed by atoms with Crippen LogP contribution in [0.2, 0.25) is 0 Å². The summed E-state index contributed by atoms with van der Waals surface area (Å²) in [6, 6.07) is 4.18. The molecular weight excluding hydrogens is 398 g/mol. The summed E-state index contributed by atoms with van der Waals surface area (Å²) in [6.45, 7) is 3.83. The topological polar surface area (TPSA) is 97.9 Å². The first kappa shape index (κ1) is 21.1. The van der Waals surface area contributed by atoms with Gasteiger partial charge in [0.15, 0.2) is 11.5 Å². The van der Waals surface area contributed by atoms with Gasteiger partial charge < -0.3 is 15.4 Å². The number of aromatic nitrogens is 5. The zero-order chi connectivity index (χ0) is 21.0. The maximum absolute atomic E-state index is 6.39. The van der Waals surface area contributed by atoms with E-state index in [4.69, 9.17) is 15.5 Å². The number of nitrogens with two attached hydrogens (primary N) is 1. The number of H-pyrrole nitrogens is 1. The first-order valence-corrected chi connectivity index (χ1v) is 11.6. The van der Waals surface area contributed by atoms with Crippen LogP contribution in [-0.4, -0.2) is 64.1 Å². The second-order valence-corrected chi connectivity index (χ2v) is 7.91. The van der Waals surface area contributed by atoms with Crippen LogP contribution < -0.4 is 10.6 Å². The van der Waals surface area contributed by atoms with Crippen molar-refractivity contribution in [3.63, 3.8) is 0 Å². The van der Waals surface area contributed by atoms with E-state index in [1.165, 1.54) is 24.8 Å². The zero-order valence-electron chi connectivity index (χ0n) is 17.5. The Hall–Kier alpha value is -2.10. The van der Waals surface area contributed by atoms with Crippen LogP contribution in [0.4, 0.5) is 5.82 Å². The predicted molar refractivity (Wildman–Crippen MR) is 123 cm³/mol. The lowest BCUT2D eigenvalue weighted by Crippen LogP contribution is -2.39. The van der Waals surface area contributed by atoms with E-state index in [9.17, 15) is 0 Å². The van der Waals surface area contributed by atoms with Crippen molar-refractivity contribution < 1.29 is 4.74 Å². The highest BCUT2D eigenvalue weighted by Gasteiger charge is 2.35. The third-order valence-corrected chi connectivity index (χ3v) is 6.35. The first-order chi connectivity index (χ1) is 14.8. The molecule has 8 nitrogen and oxygen atoms in total. The van der Waals surface area contributed by atoms with Gasteiger partial charge in [-0.1, -0.05) is 19.3 Å². The number of aromatic amines is 1. The van der Waals surface area contributed by atoms with E-state index in [0.29, 0.717) is 6.54 Å². The standard InChI is InChI=1S/C20H27N7O.CH4S/c21-14-20(5-2-1-3-6-20)16-12-18(26-8-10-28-11-9-26)24-19-15(16)13-23-27(19)17-4-7-22-25-17;1-2/h4,7,12-13H,1-3,5-6,8-11,14,21H2,(H,22,25);2H,1H3. The summed E-state index contributed by atoms with van der Waals surface area (Å²) in [4.78, 5) is 7.33. The quantitative estimate of drug-likeness (QED) is 0.552. The fourth-order valence-corrected chi connectivity index (χ4v) is 4.74. The van der Waals surface area contributed by atoms with Gasteiger partial charge in [-0.05, 0) is 30.7 Å². The molecule has 3 aromatic rings. The lowest BCUT2D eigenvalue weighted by Gasteiger charge is -2.38. The number of thiol groups is 1. The van der Waals surface area contributed by atoms with Gasteiger partial charge in [-0.3, -0.25) is 5.10 Å². The number of ether oxygens (including phenoxy) is 1. The molecule has 3 aromatic heterocycles. The molecule has 4 heterocycles. The van der Waals surface area contributed by atoms with Crippen molar-refractivity contribution in [1.82, 2.24) is 25.0 Å². The van der Waals surface area contributed by atoms with Crippen molar-refractivity contribution in [2.75, 3.05) is 44.0 Å². The summed E-state index contributed by atoms with van der Waals surface area (Å²) >= 11 is 3.53.